The van der Waals surface area contributed by atoms with Gasteiger partial charge in [0, 0.05) is 18.8 Å². The largest absolute Gasteiger partial charge is 0.478 e. The van der Waals surface area contributed by atoms with Crippen LogP contribution in [0.2, 0.25) is 0 Å². The molecule has 0 aliphatic heterocycles. The first kappa shape index (κ1) is 15.7. The number of carbonyl (C=O) groups is 1. The fraction of sp³-hybridized carbons (Fsp3) is 0.462. The van der Waals surface area contributed by atoms with E-state index in [0.29, 0.717) is 12.8 Å². The Balaban J connectivity index is 2.28. The van der Waals surface area contributed by atoms with E-state index in [0.717, 1.165) is 12.5 Å². The molecule has 4 N–H and O–H groups in total. The van der Waals surface area contributed by atoms with Crippen LogP contribution < -0.4 is 10.5 Å². The van der Waals surface area contributed by atoms with Gasteiger partial charge in [0.15, 0.2) is 0 Å². The molecule has 7 nitrogen and oxygen atoms in total. The second-order valence-electron chi connectivity index (χ2n) is 5.05. The molecule has 0 spiro atoms. The summed E-state index contributed by atoms with van der Waals surface area (Å²) in [6.07, 6.45) is 2.02. The van der Waals surface area contributed by atoms with Gasteiger partial charge >= 0.3 is 5.97 Å². The second-order valence-corrected chi connectivity index (χ2v) is 6.73. The number of carboxylic acid groups (broad SMARTS) is 1. The quantitative estimate of drug-likeness (QED) is 0.692. The highest BCUT2D eigenvalue weighted by Gasteiger charge is 2.30. The fourth-order valence-electron chi connectivity index (χ4n) is 2.48. The highest BCUT2D eigenvalue weighted by molar-refractivity contribution is 7.89. The predicted octanol–water partition coefficient (Wildman–Crippen LogP) is 0.813. The first-order valence-corrected chi connectivity index (χ1v) is 7.99. The maximum Gasteiger partial charge on any atom is 0.337 e. The van der Waals surface area contributed by atoms with Gasteiger partial charge in [0.05, 0.1) is 16.6 Å². The third kappa shape index (κ3) is 3.52. The number of hydrogen-bond donors (Lipinski definition) is 3. The van der Waals surface area contributed by atoms with E-state index < -0.39 is 16.0 Å². The van der Waals surface area contributed by atoms with Gasteiger partial charge in [-0.2, -0.15) is 0 Å². The molecule has 2 unspecified atom stereocenters. The molecule has 0 saturated heterocycles. The van der Waals surface area contributed by atoms with Gasteiger partial charge in [-0.15, -0.1) is 0 Å². The summed E-state index contributed by atoms with van der Waals surface area (Å²) >= 11 is 0. The van der Waals surface area contributed by atoms with Crippen LogP contribution in [-0.4, -0.2) is 38.7 Å². The molecule has 0 bridgehead atoms. The molecule has 8 heteroatoms. The van der Waals surface area contributed by atoms with Gasteiger partial charge in [0.2, 0.25) is 10.0 Å². The average molecular weight is 314 g/mol. The third-order valence-electron chi connectivity index (χ3n) is 3.57. The molecule has 0 amide bonds. The minimum atomic E-state index is -3.94. The van der Waals surface area contributed by atoms with Crippen molar-refractivity contribution in [3.05, 3.63) is 23.8 Å². The third-order valence-corrected chi connectivity index (χ3v) is 5.13. The topological polar surface area (TPSA) is 119 Å². The average Bonchev–Trinajstić information content (AvgIpc) is 2.85. The second kappa shape index (κ2) is 6.00. The number of benzene rings is 1. The molecule has 1 aliphatic rings. The van der Waals surface area contributed by atoms with E-state index in [9.17, 15) is 13.2 Å². The summed E-state index contributed by atoms with van der Waals surface area (Å²) in [6.45, 7) is 0. The maximum atomic E-state index is 12.4. The first-order valence-electron chi connectivity index (χ1n) is 6.51. The van der Waals surface area contributed by atoms with Gasteiger partial charge in [-0.3, -0.25) is 0 Å². The number of aromatic carboxylic acids is 1. The van der Waals surface area contributed by atoms with Crippen molar-refractivity contribution in [1.82, 2.24) is 4.72 Å². The van der Waals surface area contributed by atoms with E-state index >= 15 is 0 Å². The Kier molecular flexibility index (Phi) is 4.50. The summed E-state index contributed by atoms with van der Waals surface area (Å²) in [7, 11) is -2.35. The van der Waals surface area contributed by atoms with Crippen molar-refractivity contribution in [3.63, 3.8) is 0 Å². The molecular formula is C13H18N2O5S. The summed E-state index contributed by atoms with van der Waals surface area (Å²) in [5, 5.41) is 9.11. The van der Waals surface area contributed by atoms with E-state index in [2.05, 4.69) is 4.72 Å². The molecule has 2 rings (SSSR count). The number of hydrogen-bond acceptors (Lipinski definition) is 5. The summed E-state index contributed by atoms with van der Waals surface area (Å²) < 4.78 is 32.5. The van der Waals surface area contributed by atoms with Crippen molar-refractivity contribution in [1.29, 1.82) is 0 Å². The van der Waals surface area contributed by atoms with Crippen LogP contribution >= 0.6 is 0 Å². The fourth-order valence-corrected chi connectivity index (χ4v) is 4.00. The van der Waals surface area contributed by atoms with Crippen LogP contribution in [0.1, 0.15) is 29.6 Å². The standard InChI is InChI=1S/C13H18N2O5S/c1-20-10-4-3-9(7-10)15-21(18,19)12-6-8(14)2-5-11(12)13(16)17/h2,5-6,9-10,15H,3-4,7,14H2,1H3,(H,16,17). The predicted molar refractivity (Wildman–Crippen MR) is 76.6 cm³/mol. The van der Waals surface area contributed by atoms with Crippen molar-refractivity contribution in [2.24, 2.45) is 0 Å². The van der Waals surface area contributed by atoms with E-state index in [1.54, 1.807) is 7.11 Å². The monoisotopic (exact) mass is 314 g/mol. The SMILES string of the molecule is COC1CCC(NS(=O)(=O)c2cc(N)ccc2C(=O)O)C1. The van der Waals surface area contributed by atoms with Gasteiger partial charge in [-0.1, -0.05) is 0 Å². The molecule has 2 atom stereocenters. The van der Waals surface area contributed by atoms with Gasteiger partial charge in [-0.05, 0) is 37.5 Å². The molecule has 0 heterocycles. The van der Waals surface area contributed by atoms with E-state index in [1.165, 1.54) is 12.1 Å². The smallest absolute Gasteiger partial charge is 0.337 e. The van der Waals surface area contributed by atoms with Gasteiger partial charge in [0.1, 0.15) is 0 Å². The Labute approximate surface area is 123 Å². The van der Waals surface area contributed by atoms with Crippen molar-refractivity contribution in [2.45, 2.75) is 36.3 Å². The molecule has 1 fully saturated rings. The Morgan fingerprint density at radius 1 is 1.43 bits per heavy atom. The summed E-state index contributed by atoms with van der Waals surface area (Å²) in [5.41, 5.74) is 5.47. The molecule has 1 aromatic rings. The van der Waals surface area contributed by atoms with Crippen LogP contribution in [0.4, 0.5) is 5.69 Å². The van der Waals surface area contributed by atoms with Crippen molar-refractivity contribution in [2.75, 3.05) is 12.8 Å². The molecule has 1 saturated carbocycles. The normalized spacial score (nSPS) is 22.3. The zero-order chi connectivity index (χ0) is 15.6. The minimum Gasteiger partial charge on any atom is -0.478 e. The van der Waals surface area contributed by atoms with Crippen molar-refractivity contribution in [3.8, 4) is 0 Å². The molecule has 0 radical (unpaired) electrons. The van der Waals surface area contributed by atoms with Gasteiger partial charge in [-0.25, -0.2) is 17.9 Å². The zero-order valence-electron chi connectivity index (χ0n) is 11.6. The first-order chi connectivity index (χ1) is 9.83. The lowest BCUT2D eigenvalue weighted by Crippen LogP contribution is -2.34. The minimum absolute atomic E-state index is 0.0255. The van der Waals surface area contributed by atoms with Gasteiger partial charge in [0.25, 0.3) is 0 Å². The molecular weight excluding hydrogens is 296 g/mol. The number of nitrogens with one attached hydrogen (secondary N) is 1. The summed E-state index contributed by atoms with van der Waals surface area (Å²) in [6, 6.07) is 3.45. The Morgan fingerprint density at radius 3 is 2.71 bits per heavy atom. The molecule has 116 valence electrons. The van der Waals surface area contributed by atoms with Crippen LogP contribution in [0.15, 0.2) is 23.1 Å². The highest BCUT2D eigenvalue weighted by Crippen LogP contribution is 2.25. The maximum absolute atomic E-state index is 12.4. The summed E-state index contributed by atoms with van der Waals surface area (Å²) in [5.74, 6) is -1.31. The number of anilines is 1. The number of ether oxygens (including phenoxy) is 1. The number of nitrogen functional groups attached to an aromatic ring is 1. The van der Waals surface area contributed by atoms with Crippen LogP contribution in [0.3, 0.4) is 0 Å². The number of methoxy groups -OCH3 is 1. The number of sulfonamides is 1. The zero-order valence-corrected chi connectivity index (χ0v) is 12.4. The van der Waals surface area contributed by atoms with Crippen LogP contribution in [0.5, 0.6) is 0 Å². The Morgan fingerprint density at radius 2 is 2.14 bits per heavy atom. The van der Waals surface area contributed by atoms with Gasteiger partial charge < -0.3 is 15.6 Å². The molecule has 1 aromatic carbocycles. The highest BCUT2D eigenvalue weighted by atomic mass is 32.2. The Hall–Kier alpha value is -1.64. The summed E-state index contributed by atoms with van der Waals surface area (Å²) in [4.78, 5) is 10.9. The van der Waals surface area contributed by atoms with Crippen LogP contribution in [0, 0.1) is 0 Å². The number of nitrogens with two attached hydrogens (primary N) is 1. The lowest BCUT2D eigenvalue weighted by atomic mass is 10.2. The number of rotatable bonds is 5. The van der Waals surface area contributed by atoms with Crippen LogP contribution in [0.25, 0.3) is 0 Å². The lowest BCUT2D eigenvalue weighted by Gasteiger charge is -2.15. The number of carboxylic acids is 1. The van der Waals surface area contributed by atoms with Crippen LogP contribution in [-0.2, 0) is 14.8 Å². The van der Waals surface area contributed by atoms with E-state index in [4.69, 9.17) is 15.6 Å². The van der Waals surface area contributed by atoms with Crippen molar-refractivity contribution >= 4 is 21.7 Å². The molecule has 0 aromatic heterocycles. The van der Waals surface area contributed by atoms with E-state index in [-0.39, 0.29) is 28.3 Å². The van der Waals surface area contributed by atoms with Crippen molar-refractivity contribution < 1.29 is 23.1 Å². The Bertz CT molecular complexity index is 644. The molecule has 21 heavy (non-hydrogen) atoms. The molecule has 1 aliphatic carbocycles. The van der Waals surface area contributed by atoms with E-state index in [1.807, 2.05) is 0 Å². The lowest BCUT2D eigenvalue weighted by molar-refractivity contribution is 0.0692.